The molecule has 0 saturated carbocycles. The van der Waals surface area contributed by atoms with Crippen molar-refractivity contribution in [1.82, 2.24) is 0 Å². The largest absolute Gasteiger partial charge is 0.475 e. The van der Waals surface area contributed by atoms with Crippen molar-refractivity contribution in [2.24, 2.45) is 0 Å². The van der Waals surface area contributed by atoms with Gasteiger partial charge in [-0.15, -0.1) is 0 Å². The SMILES string of the molecule is O=C(O)c1cc2cc(-c3ccc(-c4ccccc4)cc3)ccc2o1. The number of furan rings is 1. The molecule has 0 amide bonds. The first kappa shape index (κ1) is 14.3. The third-order valence-corrected chi connectivity index (χ3v) is 4.05. The van der Waals surface area contributed by atoms with Gasteiger partial charge in [-0.3, -0.25) is 0 Å². The molecule has 4 aromatic rings. The maximum Gasteiger partial charge on any atom is 0.371 e. The molecule has 0 radical (unpaired) electrons. The number of hydrogen-bond acceptors (Lipinski definition) is 2. The Morgan fingerprint density at radius 2 is 1.29 bits per heavy atom. The maximum absolute atomic E-state index is 11.0. The topological polar surface area (TPSA) is 50.4 Å². The number of fused-ring (bicyclic) bond motifs is 1. The van der Waals surface area contributed by atoms with Gasteiger partial charge in [0.15, 0.2) is 0 Å². The third kappa shape index (κ3) is 2.57. The fourth-order valence-electron chi connectivity index (χ4n) is 2.81. The normalized spacial score (nSPS) is 10.8. The molecule has 0 aliphatic heterocycles. The van der Waals surface area contributed by atoms with Crippen LogP contribution < -0.4 is 0 Å². The van der Waals surface area contributed by atoms with Crippen LogP contribution in [-0.2, 0) is 0 Å². The summed E-state index contributed by atoms with van der Waals surface area (Å²) in [4.78, 5) is 11.0. The first-order valence-electron chi connectivity index (χ1n) is 7.63. The lowest BCUT2D eigenvalue weighted by Crippen LogP contribution is -1.91. The van der Waals surface area contributed by atoms with Crippen LogP contribution in [0, 0.1) is 0 Å². The van der Waals surface area contributed by atoms with E-state index < -0.39 is 5.97 Å². The quantitative estimate of drug-likeness (QED) is 0.546. The Morgan fingerprint density at radius 3 is 1.96 bits per heavy atom. The van der Waals surface area contributed by atoms with Crippen molar-refractivity contribution >= 4 is 16.9 Å². The second-order valence-corrected chi connectivity index (χ2v) is 5.61. The predicted octanol–water partition coefficient (Wildman–Crippen LogP) is 5.47. The van der Waals surface area contributed by atoms with Crippen molar-refractivity contribution in [1.29, 1.82) is 0 Å². The minimum Gasteiger partial charge on any atom is -0.475 e. The van der Waals surface area contributed by atoms with Crippen LogP contribution in [0.2, 0.25) is 0 Å². The molecule has 0 saturated heterocycles. The summed E-state index contributed by atoms with van der Waals surface area (Å²) >= 11 is 0. The Balaban J connectivity index is 1.70. The molecule has 0 aliphatic carbocycles. The molecule has 1 N–H and O–H groups in total. The number of aromatic carboxylic acids is 1. The van der Waals surface area contributed by atoms with Crippen molar-refractivity contribution in [3.63, 3.8) is 0 Å². The van der Waals surface area contributed by atoms with E-state index in [2.05, 4.69) is 36.4 Å². The summed E-state index contributed by atoms with van der Waals surface area (Å²) in [5.41, 5.74) is 5.03. The fourth-order valence-corrected chi connectivity index (χ4v) is 2.81. The van der Waals surface area contributed by atoms with Gasteiger partial charge in [0, 0.05) is 5.39 Å². The summed E-state index contributed by atoms with van der Waals surface area (Å²) < 4.78 is 5.30. The van der Waals surface area contributed by atoms with E-state index in [-0.39, 0.29) is 5.76 Å². The number of carboxylic acids is 1. The molecule has 0 spiro atoms. The standard InChI is InChI=1S/C21H14O3/c22-21(23)20-13-18-12-17(10-11-19(18)24-20)16-8-6-15(7-9-16)14-4-2-1-3-5-14/h1-13H,(H,22,23). The molecule has 3 aromatic carbocycles. The van der Waals surface area contributed by atoms with Gasteiger partial charge in [-0.05, 0) is 40.5 Å². The first-order valence-corrected chi connectivity index (χ1v) is 7.63. The fraction of sp³-hybridized carbons (Fsp3) is 0. The van der Waals surface area contributed by atoms with Crippen LogP contribution in [0.25, 0.3) is 33.2 Å². The molecule has 3 heteroatoms. The highest BCUT2D eigenvalue weighted by molar-refractivity contribution is 5.93. The minimum atomic E-state index is -1.06. The highest BCUT2D eigenvalue weighted by Crippen LogP contribution is 2.28. The lowest BCUT2D eigenvalue weighted by Gasteiger charge is -2.05. The van der Waals surface area contributed by atoms with Gasteiger partial charge in [0.1, 0.15) is 5.58 Å². The van der Waals surface area contributed by atoms with Crippen molar-refractivity contribution in [2.45, 2.75) is 0 Å². The van der Waals surface area contributed by atoms with Crippen molar-refractivity contribution < 1.29 is 14.3 Å². The van der Waals surface area contributed by atoms with Crippen molar-refractivity contribution in [3.05, 3.63) is 84.6 Å². The van der Waals surface area contributed by atoms with E-state index in [1.54, 1.807) is 6.07 Å². The second-order valence-electron chi connectivity index (χ2n) is 5.61. The van der Waals surface area contributed by atoms with Crippen LogP contribution in [0.15, 0.2) is 83.3 Å². The molecular weight excluding hydrogens is 300 g/mol. The smallest absolute Gasteiger partial charge is 0.371 e. The van der Waals surface area contributed by atoms with E-state index in [1.165, 1.54) is 5.56 Å². The van der Waals surface area contributed by atoms with E-state index in [4.69, 9.17) is 9.52 Å². The Kier molecular flexibility index (Phi) is 3.39. The summed E-state index contributed by atoms with van der Waals surface area (Å²) in [5, 5.41) is 9.81. The zero-order valence-corrected chi connectivity index (χ0v) is 12.8. The molecule has 0 fully saturated rings. The average Bonchev–Trinajstić information content (AvgIpc) is 3.06. The second kappa shape index (κ2) is 5.70. The van der Waals surface area contributed by atoms with E-state index in [9.17, 15) is 4.79 Å². The summed E-state index contributed by atoms with van der Waals surface area (Å²) in [6.07, 6.45) is 0. The Labute approximate surface area is 138 Å². The van der Waals surface area contributed by atoms with Crippen LogP contribution in [0.4, 0.5) is 0 Å². The number of rotatable bonds is 3. The van der Waals surface area contributed by atoms with Gasteiger partial charge in [0.2, 0.25) is 5.76 Å². The van der Waals surface area contributed by atoms with Gasteiger partial charge in [0.25, 0.3) is 0 Å². The molecule has 1 aromatic heterocycles. The molecule has 0 aliphatic rings. The zero-order chi connectivity index (χ0) is 16.5. The van der Waals surface area contributed by atoms with Gasteiger partial charge in [-0.1, -0.05) is 60.7 Å². The number of benzene rings is 3. The van der Waals surface area contributed by atoms with E-state index in [1.807, 2.05) is 36.4 Å². The lowest BCUT2D eigenvalue weighted by molar-refractivity contribution is 0.0665. The molecule has 0 atom stereocenters. The lowest BCUT2D eigenvalue weighted by atomic mass is 10.00. The van der Waals surface area contributed by atoms with E-state index in [0.29, 0.717) is 5.58 Å². The molecular formula is C21H14O3. The van der Waals surface area contributed by atoms with Gasteiger partial charge >= 0.3 is 5.97 Å². The Hall–Kier alpha value is -3.33. The number of hydrogen-bond donors (Lipinski definition) is 1. The third-order valence-electron chi connectivity index (χ3n) is 4.05. The molecule has 1 heterocycles. The summed E-state index contributed by atoms with van der Waals surface area (Å²) in [6.45, 7) is 0. The van der Waals surface area contributed by atoms with Gasteiger partial charge in [-0.2, -0.15) is 0 Å². The summed E-state index contributed by atoms with van der Waals surface area (Å²) in [5.74, 6) is -1.10. The molecule has 24 heavy (non-hydrogen) atoms. The Morgan fingerprint density at radius 1 is 0.708 bits per heavy atom. The minimum absolute atomic E-state index is 0.0402. The molecule has 0 bridgehead atoms. The molecule has 3 nitrogen and oxygen atoms in total. The summed E-state index contributed by atoms with van der Waals surface area (Å²) in [7, 11) is 0. The van der Waals surface area contributed by atoms with Gasteiger partial charge in [-0.25, -0.2) is 4.79 Å². The maximum atomic E-state index is 11.0. The average molecular weight is 314 g/mol. The van der Waals surface area contributed by atoms with E-state index >= 15 is 0 Å². The summed E-state index contributed by atoms with van der Waals surface area (Å²) in [6, 6.07) is 25.8. The van der Waals surface area contributed by atoms with Crippen LogP contribution in [0.5, 0.6) is 0 Å². The van der Waals surface area contributed by atoms with Crippen molar-refractivity contribution in [3.8, 4) is 22.3 Å². The van der Waals surface area contributed by atoms with E-state index in [0.717, 1.165) is 22.1 Å². The monoisotopic (exact) mass is 314 g/mol. The number of carboxylic acid groups (broad SMARTS) is 1. The molecule has 4 rings (SSSR count). The van der Waals surface area contributed by atoms with Crippen molar-refractivity contribution in [2.75, 3.05) is 0 Å². The zero-order valence-electron chi connectivity index (χ0n) is 12.8. The number of carbonyl (C=O) groups is 1. The van der Waals surface area contributed by atoms with Crippen LogP contribution in [-0.4, -0.2) is 11.1 Å². The van der Waals surface area contributed by atoms with Crippen LogP contribution in [0.3, 0.4) is 0 Å². The highest BCUT2D eigenvalue weighted by atomic mass is 16.4. The molecule has 116 valence electrons. The Bertz CT molecular complexity index is 1010. The van der Waals surface area contributed by atoms with Crippen LogP contribution >= 0.6 is 0 Å². The predicted molar refractivity (Wildman–Crippen MR) is 94.0 cm³/mol. The highest BCUT2D eigenvalue weighted by Gasteiger charge is 2.11. The van der Waals surface area contributed by atoms with Gasteiger partial charge in [0.05, 0.1) is 0 Å². The molecule has 0 unspecified atom stereocenters. The van der Waals surface area contributed by atoms with Gasteiger partial charge < -0.3 is 9.52 Å². The van der Waals surface area contributed by atoms with Crippen LogP contribution in [0.1, 0.15) is 10.6 Å². The first-order chi connectivity index (χ1) is 11.7.